The molecule has 3 N–H and O–H groups in total. The Hall–Kier alpha value is -4.87. The number of hydrogen-bond acceptors (Lipinski definition) is 6. The largest absolute Gasteiger partial charge is 0.480 e. The Morgan fingerprint density at radius 1 is 0.780 bits per heavy atom. The van der Waals surface area contributed by atoms with Gasteiger partial charge in [-0.1, -0.05) is 54.6 Å². The zero-order valence-corrected chi connectivity index (χ0v) is 21.8. The van der Waals surface area contributed by atoms with Crippen LogP contribution in [0.1, 0.15) is 29.2 Å². The summed E-state index contributed by atoms with van der Waals surface area (Å²) < 4.78 is 49.0. The van der Waals surface area contributed by atoms with Crippen molar-refractivity contribution < 1.29 is 46.9 Å². The second kappa shape index (κ2) is 14.0. The van der Waals surface area contributed by atoms with Crippen molar-refractivity contribution >= 4 is 23.9 Å². The number of esters is 1. The number of carbonyl (C=O) groups is 4. The minimum absolute atomic E-state index is 0.0390. The van der Waals surface area contributed by atoms with Crippen LogP contribution in [0.3, 0.4) is 0 Å². The first-order chi connectivity index (χ1) is 19.4. The summed E-state index contributed by atoms with van der Waals surface area (Å²) in [5.74, 6) is -2.38. The number of carbonyl (C=O) groups excluding carboxylic acids is 3. The van der Waals surface area contributed by atoms with Crippen molar-refractivity contribution in [2.45, 2.75) is 44.6 Å². The molecule has 0 saturated carbocycles. The van der Waals surface area contributed by atoms with Gasteiger partial charge in [-0.2, -0.15) is 13.2 Å². The van der Waals surface area contributed by atoms with Crippen LogP contribution in [0.2, 0.25) is 0 Å². The number of hydrogen-bond donors (Lipinski definition) is 3. The number of amides is 2. The SMILES string of the molecule is CC(=O)Oc1ccc(COC(=O)NC(Cc2ccc(C(F)(F)F)cc2)C(=O)NC(Cc2ccccc2)C(=O)O)cc1. The highest BCUT2D eigenvalue weighted by Gasteiger charge is 2.31. The van der Waals surface area contributed by atoms with E-state index in [1.54, 1.807) is 42.5 Å². The quantitative estimate of drug-likeness (QED) is 0.231. The van der Waals surface area contributed by atoms with Crippen molar-refractivity contribution in [1.82, 2.24) is 10.6 Å². The fraction of sp³-hybridized carbons (Fsp3) is 0.241. The highest BCUT2D eigenvalue weighted by atomic mass is 19.4. The van der Waals surface area contributed by atoms with E-state index in [-0.39, 0.29) is 25.0 Å². The van der Waals surface area contributed by atoms with Crippen LogP contribution < -0.4 is 15.4 Å². The summed E-state index contributed by atoms with van der Waals surface area (Å²) in [6, 6.07) is 16.0. The number of ether oxygens (including phenoxy) is 2. The van der Waals surface area contributed by atoms with Gasteiger partial charge >= 0.3 is 24.2 Å². The minimum atomic E-state index is -4.56. The minimum Gasteiger partial charge on any atom is -0.480 e. The lowest BCUT2D eigenvalue weighted by atomic mass is 10.0. The van der Waals surface area contributed by atoms with Crippen molar-refractivity contribution in [3.05, 3.63) is 101 Å². The molecule has 3 aromatic rings. The van der Waals surface area contributed by atoms with Crippen LogP contribution in [-0.2, 0) is 44.7 Å². The smallest absolute Gasteiger partial charge is 0.416 e. The summed E-state index contributed by atoms with van der Waals surface area (Å²) in [6.07, 6.45) is -5.85. The summed E-state index contributed by atoms with van der Waals surface area (Å²) in [4.78, 5) is 48.6. The van der Waals surface area contributed by atoms with Crippen LogP contribution >= 0.6 is 0 Å². The molecule has 9 nitrogen and oxygen atoms in total. The Morgan fingerprint density at radius 2 is 1.34 bits per heavy atom. The predicted octanol–water partition coefficient (Wildman–Crippen LogP) is 4.28. The summed E-state index contributed by atoms with van der Waals surface area (Å²) in [7, 11) is 0. The van der Waals surface area contributed by atoms with Crippen LogP contribution in [0.5, 0.6) is 5.75 Å². The molecule has 2 amide bonds. The Labute approximate surface area is 233 Å². The van der Waals surface area contributed by atoms with Gasteiger partial charge in [-0.25, -0.2) is 9.59 Å². The second-order valence-corrected chi connectivity index (χ2v) is 9.00. The monoisotopic (exact) mass is 572 g/mol. The van der Waals surface area contributed by atoms with Crippen molar-refractivity contribution in [2.75, 3.05) is 0 Å². The molecule has 2 unspecified atom stereocenters. The van der Waals surface area contributed by atoms with Gasteiger partial charge < -0.3 is 25.2 Å². The predicted molar refractivity (Wildman–Crippen MR) is 140 cm³/mol. The van der Waals surface area contributed by atoms with Gasteiger partial charge in [-0.15, -0.1) is 0 Å². The first-order valence-electron chi connectivity index (χ1n) is 12.3. The van der Waals surface area contributed by atoms with E-state index in [4.69, 9.17) is 9.47 Å². The van der Waals surface area contributed by atoms with E-state index in [2.05, 4.69) is 10.6 Å². The van der Waals surface area contributed by atoms with Gasteiger partial charge in [0.25, 0.3) is 0 Å². The molecule has 2 atom stereocenters. The second-order valence-electron chi connectivity index (χ2n) is 9.00. The third-order valence-corrected chi connectivity index (χ3v) is 5.78. The fourth-order valence-electron chi connectivity index (χ4n) is 3.75. The lowest BCUT2D eigenvalue weighted by Crippen LogP contribution is -2.53. The molecule has 0 aliphatic rings. The van der Waals surface area contributed by atoms with Gasteiger partial charge in [0, 0.05) is 19.8 Å². The average molecular weight is 573 g/mol. The average Bonchev–Trinajstić information content (AvgIpc) is 2.92. The number of halogens is 3. The first kappa shape index (κ1) is 30.7. The van der Waals surface area contributed by atoms with Crippen LogP contribution in [0.15, 0.2) is 78.9 Å². The number of benzene rings is 3. The highest BCUT2D eigenvalue weighted by Crippen LogP contribution is 2.29. The van der Waals surface area contributed by atoms with Crippen molar-refractivity contribution in [3.63, 3.8) is 0 Å². The molecule has 3 aromatic carbocycles. The molecule has 0 bridgehead atoms. The number of alkyl carbamates (subject to hydrolysis) is 1. The molecular weight excluding hydrogens is 545 g/mol. The number of carboxylic acids is 1. The molecule has 0 radical (unpaired) electrons. The van der Waals surface area contributed by atoms with Crippen LogP contribution in [0, 0.1) is 0 Å². The van der Waals surface area contributed by atoms with E-state index in [0.29, 0.717) is 16.9 Å². The highest BCUT2D eigenvalue weighted by molar-refractivity contribution is 5.89. The molecule has 216 valence electrons. The number of aliphatic carboxylic acids is 1. The van der Waals surface area contributed by atoms with Gasteiger partial charge in [0.05, 0.1) is 5.56 Å². The zero-order chi connectivity index (χ0) is 30.0. The lowest BCUT2D eigenvalue weighted by molar-refractivity contribution is -0.142. The summed E-state index contributed by atoms with van der Waals surface area (Å²) >= 11 is 0. The topological polar surface area (TPSA) is 131 Å². The van der Waals surface area contributed by atoms with Crippen LogP contribution in [0.25, 0.3) is 0 Å². The summed E-state index contributed by atoms with van der Waals surface area (Å²) in [5, 5.41) is 14.4. The van der Waals surface area contributed by atoms with Crippen molar-refractivity contribution in [1.29, 1.82) is 0 Å². The first-order valence-corrected chi connectivity index (χ1v) is 12.3. The molecule has 0 heterocycles. The molecule has 3 rings (SSSR count). The van der Waals surface area contributed by atoms with Crippen molar-refractivity contribution in [2.24, 2.45) is 0 Å². The third kappa shape index (κ3) is 9.99. The molecule has 0 aromatic heterocycles. The number of nitrogens with one attached hydrogen (secondary N) is 2. The maximum absolute atomic E-state index is 13.1. The normalized spacial score (nSPS) is 12.5. The molecular formula is C29H27F3N2O7. The van der Waals surface area contributed by atoms with Gasteiger partial charge in [0.2, 0.25) is 5.91 Å². The van der Waals surface area contributed by atoms with E-state index in [9.17, 15) is 37.5 Å². The molecule has 0 aliphatic carbocycles. The van der Waals surface area contributed by atoms with E-state index in [1.165, 1.54) is 31.2 Å². The Morgan fingerprint density at radius 3 is 1.90 bits per heavy atom. The Balaban J connectivity index is 1.72. The van der Waals surface area contributed by atoms with Gasteiger partial charge in [-0.3, -0.25) is 9.59 Å². The third-order valence-electron chi connectivity index (χ3n) is 5.78. The zero-order valence-electron chi connectivity index (χ0n) is 21.8. The fourth-order valence-corrected chi connectivity index (χ4v) is 3.75. The molecule has 0 spiro atoms. The van der Waals surface area contributed by atoms with Crippen LogP contribution in [-0.4, -0.2) is 41.1 Å². The molecule has 41 heavy (non-hydrogen) atoms. The molecule has 0 fully saturated rings. The Kier molecular flexibility index (Phi) is 10.4. The van der Waals surface area contributed by atoms with Gasteiger partial charge in [0.15, 0.2) is 0 Å². The van der Waals surface area contributed by atoms with Crippen molar-refractivity contribution in [3.8, 4) is 5.75 Å². The van der Waals surface area contributed by atoms with Crippen LogP contribution in [0.4, 0.5) is 18.0 Å². The van der Waals surface area contributed by atoms with E-state index in [0.717, 1.165) is 12.1 Å². The number of alkyl halides is 3. The maximum atomic E-state index is 13.1. The number of rotatable bonds is 11. The van der Waals surface area contributed by atoms with Gasteiger partial charge in [-0.05, 0) is 41.0 Å². The Bertz CT molecular complexity index is 1350. The summed E-state index contributed by atoms with van der Waals surface area (Å²) in [6.45, 7) is 1.03. The maximum Gasteiger partial charge on any atom is 0.416 e. The van der Waals surface area contributed by atoms with Gasteiger partial charge in [0.1, 0.15) is 24.4 Å². The van der Waals surface area contributed by atoms with E-state index >= 15 is 0 Å². The number of carboxylic acid groups (broad SMARTS) is 1. The molecule has 12 heteroatoms. The van der Waals surface area contributed by atoms with E-state index < -0.39 is 47.8 Å². The van der Waals surface area contributed by atoms with E-state index in [1.807, 2.05) is 0 Å². The standard InChI is InChI=1S/C29H27F3N2O7/c1-18(35)41-23-13-9-21(10-14-23)17-40-28(39)34-24(15-20-7-11-22(12-8-20)29(30,31)32)26(36)33-25(27(37)38)16-19-5-3-2-4-6-19/h2-14,24-25H,15-17H2,1H3,(H,33,36)(H,34,39)(H,37,38). The molecule has 0 aliphatic heterocycles. The molecule has 0 saturated heterocycles. The lowest BCUT2D eigenvalue weighted by Gasteiger charge is -2.22. The summed E-state index contributed by atoms with van der Waals surface area (Å²) in [5.41, 5.74) is 0.581.